The van der Waals surface area contributed by atoms with Crippen molar-refractivity contribution in [3.63, 3.8) is 0 Å². The molecule has 1 atom stereocenters. The molecule has 0 aromatic heterocycles. The van der Waals surface area contributed by atoms with Gasteiger partial charge in [-0.15, -0.1) is 0 Å². The second-order valence-electron chi connectivity index (χ2n) is 4.75. The van der Waals surface area contributed by atoms with Gasteiger partial charge in [-0.1, -0.05) is 57.9 Å². The minimum Gasteiger partial charge on any atom is -0.497 e. The molecule has 2 nitrogen and oxygen atoms in total. The molecule has 104 valence electrons. The Morgan fingerprint density at radius 1 is 1.10 bits per heavy atom. The molecule has 0 aliphatic rings. The fourth-order valence-corrected chi connectivity index (χ4v) is 2.60. The van der Waals surface area contributed by atoms with Gasteiger partial charge in [-0.25, -0.2) is 0 Å². The van der Waals surface area contributed by atoms with Crippen molar-refractivity contribution < 1.29 is 9.53 Å². The molecule has 20 heavy (non-hydrogen) atoms. The van der Waals surface area contributed by atoms with Crippen molar-refractivity contribution in [2.75, 3.05) is 7.11 Å². The monoisotopic (exact) mass is 332 g/mol. The molecule has 2 aromatic carbocycles. The number of methoxy groups -OCH3 is 1. The first-order valence-electron chi connectivity index (χ1n) is 6.48. The Morgan fingerprint density at radius 3 is 2.25 bits per heavy atom. The Balaban J connectivity index is 2.04. The van der Waals surface area contributed by atoms with Crippen molar-refractivity contribution in [1.82, 2.24) is 0 Å². The highest BCUT2D eigenvalue weighted by molar-refractivity contribution is 9.10. The number of Topliss-reactive ketones (excluding diaryl/α,β-unsaturated/α-hetero) is 1. The highest BCUT2D eigenvalue weighted by atomic mass is 79.9. The number of alkyl halides is 1. The summed E-state index contributed by atoms with van der Waals surface area (Å²) in [6.45, 7) is 2.01. The number of carbonyl (C=O) groups is 1. The number of ether oxygens (including phenoxy) is 1. The maximum atomic E-state index is 12.3. The molecule has 1 unspecified atom stereocenters. The van der Waals surface area contributed by atoms with Crippen molar-refractivity contribution in [3.8, 4) is 5.75 Å². The molecule has 3 heteroatoms. The van der Waals surface area contributed by atoms with Crippen LogP contribution >= 0.6 is 15.9 Å². The Bertz CT molecular complexity index is 573. The third-order valence-electron chi connectivity index (χ3n) is 3.19. The molecule has 0 aliphatic heterocycles. The lowest BCUT2D eigenvalue weighted by molar-refractivity contribution is 0.0991. The third-order valence-corrected chi connectivity index (χ3v) is 3.93. The molecular weight excluding hydrogens is 316 g/mol. The lowest BCUT2D eigenvalue weighted by Gasteiger charge is -2.10. The molecular formula is C17H17BrO2. The van der Waals surface area contributed by atoms with Gasteiger partial charge in [0.25, 0.3) is 0 Å². The summed E-state index contributed by atoms with van der Waals surface area (Å²) in [5.41, 5.74) is 3.00. The molecule has 0 fully saturated rings. The predicted molar refractivity (Wildman–Crippen MR) is 84.9 cm³/mol. The van der Waals surface area contributed by atoms with Crippen LogP contribution < -0.4 is 4.74 Å². The van der Waals surface area contributed by atoms with E-state index in [1.54, 1.807) is 7.11 Å². The molecule has 0 aliphatic carbocycles. The van der Waals surface area contributed by atoms with Gasteiger partial charge in [0.2, 0.25) is 0 Å². The van der Waals surface area contributed by atoms with Crippen molar-refractivity contribution in [1.29, 1.82) is 0 Å². The summed E-state index contributed by atoms with van der Waals surface area (Å²) in [7, 11) is 1.64. The summed E-state index contributed by atoms with van der Waals surface area (Å²) in [6.07, 6.45) is 0.663. The van der Waals surface area contributed by atoms with Crippen LogP contribution in [0.1, 0.15) is 21.5 Å². The molecule has 2 aromatic rings. The van der Waals surface area contributed by atoms with Gasteiger partial charge in [0.05, 0.1) is 11.9 Å². The Morgan fingerprint density at radius 2 is 1.70 bits per heavy atom. The SMILES string of the molecule is COc1ccc(CC(Br)C(=O)c2ccc(C)cc2)cc1. The molecule has 0 saturated carbocycles. The molecule has 0 radical (unpaired) electrons. The van der Waals surface area contributed by atoms with Crippen LogP contribution in [-0.4, -0.2) is 17.7 Å². The van der Waals surface area contributed by atoms with E-state index in [1.807, 2.05) is 55.5 Å². The van der Waals surface area contributed by atoms with E-state index in [-0.39, 0.29) is 10.6 Å². The van der Waals surface area contributed by atoms with Gasteiger partial charge >= 0.3 is 0 Å². The summed E-state index contributed by atoms with van der Waals surface area (Å²) in [4.78, 5) is 12.1. The van der Waals surface area contributed by atoms with Gasteiger partial charge in [0, 0.05) is 5.56 Å². The van der Waals surface area contributed by atoms with Crippen molar-refractivity contribution in [3.05, 3.63) is 65.2 Å². The van der Waals surface area contributed by atoms with Crippen LogP contribution in [-0.2, 0) is 6.42 Å². The second-order valence-corrected chi connectivity index (χ2v) is 5.86. The Kier molecular flexibility index (Phi) is 4.96. The molecule has 0 N–H and O–H groups in total. The zero-order valence-corrected chi connectivity index (χ0v) is 13.2. The Hall–Kier alpha value is -1.61. The number of rotatable bonds is 5. The lowest BCUT2D eigenvalue weighted by Crippen LogP contribution is -2.16. The molecule has 0 bridgehead atoms. The summed E-state index contributed by atoms with van der Waals surface area (Å²) in [5, 5.41) is 0. The smallest absolute Gasteiger partial charge is 0.176 e. The molecule has 0 saturated heterocycles. The van der Waals surface area contributed by atoms with Crippen LogP contribution in [0.4, 0.5) is 0 Å². The zero-order chi connectivity index (χ0) is 14.5. The summed E-state index contributed by atoms with van der Waals surface area (Å²) in [5.74, 6) is 0.936. The number of hydrogen-bond acceptors (Lipinski definition) is 2. The number of aryl methyl sites for hydroxylation is 1. The number of halogens is 1. The van der Waals surface area contributed by atoms with E-state index in [0.717, 1.165) is 22.4 Å². The average Bonchev–Trinajstić information content (AvgIpc) is 2.48. The van der Waals surface area contributed by atoms with E-state index in [1.165, 1.54) is 0 Å². The van der Waals surface area contributed by atoms with E-state index in [0.29, 0.717) is 6.42 Å². The largest absolute Gasteiger partial charge is 0.497 e. The van der Waals surface area contributed by atoms with Crippen LogP contribution in [0, 0.1) is 6.92 Å². The van der Waals surface area contributed by atoms with E-state index >= 15 is 0 Å². The van der Waals surface area contributed by atoms with Crippen LogP contribution in [0.5, 0.6) is 5.75 Å². The highest BCUT2D eigenvalue weighted by Gasteiger charge is 2.17. The zero-order valence-electron chi connectivity index (χ0n) is 11.6. The standard InChI is InChI=1S/C17H17BrO2/c1-12-3-7-14(8-4-12)17(19)16(18)11-13-5-9-15(20-2)10-6-13/h3-10,16H,11H2,1-2H3. The first kappa shape index (κ1) is 14.8. The topological polar surface area (TPSA) is 26.3 Å². The number of carbonyl (C=O) groups excluding carboxylic acids is 1. The normalized spacial score (nSPS) is 11.9. The first-order chi connectivity index (χ1) is 9.60. The van der Waals surface area contributed by atoms with E-state index in [4.69, 9.17) is 4.74 Å². The fourth-order valence-electron chi connectivity index (χ4n) is 1.96. The quantitative estimate of drug-likeness (QED) is 0.606. The van der Waals surface area contributed by atoms with E-state index in [9.17, 15) is 4.79 Å². The maximum Gasteiger partial charge on any atom is 0.176 e. The van der Waals surface area contributed by atoms with Gasteiger partial charge in [-0.05, 0) is 31.0 Å². The van der Waals surface area contributed by atoms with Crippen molar-refractivity contribution in [2.45, 2.75) is 18.2 Å². The van der Waals surface area contributed by atoms with Gasteiger partial charge in [-0.3, -0.25) is 4.79 Å². The summed E-state index contributed by atoms with van der Waals surface area (Å²) < 4.78 is 5.12. The number of benzene rings is 2. The van der Waals surface area contributed by atoms with Crippen molar-refractivity contribution >= 4 is 21.7 Å². The van der Waals surface area contributed by atoms with Crippen LogP contribution in [0.2, 0.25) is 0 Å². The third kappa shape index (κ3) is 3.70. The molecule has 0 heterocycles. The lowest BCUT2D eigenvalue weighted by atomic mass is 10.0. The highest BCUT2D eigenvalue weighted by Crippen LogP contribution is 2.18. The predicted octanol–water partition coefficient (Wildman–Crippen LogP) is 4.19. The molecule has 0 amide bonds. The van der Waals surface area contributed by atoms with Gasteiger partial charge < -0.3 is 4.74 Å². The van der Waals surface area contributed by atoms with Gasteiger partial charge in [-0.2, -0.15) is 0 Å². The van der Waals surface area contributed by atoms with Crippen LogP contribution in [0.15, 0.2) is 48.5 Å². The van der Waals surface area contributed by atoms with Gasteiger partial charge in [0.1, 0.15) is 5.75 Å². The first-order valence-corrected chi connectivity index (χ1v) is 7.39. The second kappa shape index (κ2) is 6.71. The Labute approximate surface area is 127 Å². The summed E-state index contributed by atoms with van der Waals surface area (Å²) >= 11 is 3.49. The van der Waals surface area contributed by atoms with E-state index in [2.05, 4.69) is 15.9 Å². The number of hydrogen-bond donors (Lipinski definition) is 0. The van der Waals surface area contributed by atoms with Crippen LogP contribution in [0.3, 0.4) is 0 Å². The van der Waals surface area contributed by atoms with Crippen LogP contribution in [0.25, 0.3) is 0 Å². The molecule has 2 rings (SSSR count). The van der Waals surface area contributed by atoms with E-state index < -0.39 is 0 Å². The fraction of sp³-hybridized carbons (Fsp3) is 0.235. The van der Waals surface area contributed by atoms with Crippen molar-refractivity contribution in [2.24, 2.45) is 0 Å². The molecule has 0 spiro atoms. The maximum absolute atomic E-state index is 12.3. The number of ketones is 1. The summed E-state index contributed by atoms with van der Waals surface area (Å²) in [6, 6.07) is 15.4. The minimum atomic E-state index is -0.210. The average molecular weight is 333 g/mol. The minimum absolute atomic E-state index is 0.112. The van der Waals surface area contributed by atoms with Gasteiger partial charge in [0.15, 0.2) is 5.78 Å².